The Morgan fingerprint density at radius 1 is 1.22 bits per heavy atom. The van der Waals surface area contributed by atoms with Gasteiger partial charge in [-0.3, -0.25) is 4.79 Å². The molecule has 1 aliphatic heterocycles. The molecule has 1 aromatic carbocycles. The van der Waals surface area contributed by atoms with E-state index in [1.807, 2.05) is 22.3 Å². The van der Waals surface area contributed by atoms with Crippen LogP contribution in [0.5, 0.6) is 0 Å². The number of aliphatic hydroxyl groups excluding tert-OH is 1. The van der Waals surface area contributed by atoms with Crippen molar-refractivity contribution in [3.05, 3.63) is 71.3 Å². The van der Waals surface area contributed by atoms with Gasteiger partial charge in [-0.25, -0.2) is 14.4 Å². The van der Waals surface area contributed by atoms with Crippen LogP contribution in [0.15, 0.2) is 42.9 Å². The van der Waals surface area contributed by atoms with Gasteiger partial charge in [-0.05, 0) is 61.9 Å². The van der Waals surface area contributed by atoms with E-state index < -0.39 is 11.7 Å². The van der Waals surface area contributed by atoms with Crippen molar-refractivity contribution < 1.29 is 14.3 Å². The van der Waals surface area contributed by atoms with Crippen LogP contribution in [0.25, 0.3) is 17.2 Å². The highest BCUT2D eigenvalue weighted by atomic mass is 19.1. The molecule has 184 valence electrons. The van der Waals surface area contributed by atoms with Crippen molar-refractivity contribution in [1.29, 1.82) is 0 Å². The van der Waals surface area contributed by atoms with Gasteiger partial charge < -0.3 is 19.6 Å². The lowest BCUT2D eigenvalue weighted by atomic mass is 9.99. The second-order valence-electron chi connectivity index (χ2n) is 9.59. The molecule has 1 fully saturated rings. The third-order valence-electron chi connectivity index (χ3n) is 6.94. The number of hydrogen-bond acceptors (Lipinski definition) is 6. The quantitative estimate of drug-likeness (QED) is 0.430. The molecule has 0 spiro atoms. The lowest BCUT2D eigenvalue weighted by Crippen LogP contribution is -2.22. The molecule has 1 aliphatic carbocycles. The first kappa shape index (κ1) is 22.5. The summed E-state index contributed by atoms with van der Waals surface area (Å²) in [4.78, 5) is 22.1. The molecule has 0 saturated heterocycles. The second kappa shape index (κ2) is 8.94. The minimum Gasteiger partial charge on any atom is -0.396 e. The zero-order valence-corrected chi connectivity index (χ0v) is 19.9. The molecule has 1 amide bonds. The Bertz CT molecular complexity index is 1460. The van der Waals surface area contributed by atoms with E-state index in [1.165, 1.54) is 6.07 Å². The van der Waals surface area contributed by atoms with E-state index in [0.717, 1.165) is 30.8 Å². The summed E-state index contributed by atoms with van der Waals surface area (Å²) in [5.41, 5.74) is 2.93. The highest BCUT2D eigenvalue weighted by Crippen LogP contribution is 2.39. The van der Waals surface area contributed by atoms with E-state index in [2.05, 4.69) is 25.5 Å². The number of rotatable bonds is 6. The van der Waals surface area contributed by atoms with E-state index in [0.29, 0.717) is 47.5 Å². The molecule has 1 saturated carbocycles. The minimum absolute atomic E-state index is 0.0700. The van der Waals surface area contributed by atoms with Crippen LogP contribution in [0.1, 0.15) is 52.6 Å². The van der Waals surface area contributed by atoms with Crippen molar-refractivity contribution in [2.45, 2.75) is 45.1 Å². The fourth-order valence-corrected chi connectivity index (χ4v) is 4.72. The number of imidazole rings is 1. The molecular weight excluding hydrogens is 461 g/mol. The van der Waals surface area contributed by atoms with Gasteiger partial charge in [0.1, 0.15) is 23.2 Å². The fourth-order valence-electron chi connectivity index (χ4n) is 4.72. The summed E-state index contributed by atoms with van der Waals surface area (Å²) in [5.74, 6) is 1.20. The molecule has 6 rings (SSSR count). The Hall–Kier alpha value is -3.92. The van der Waals surface area contributed by atoms with Gasteiger partial charge in [0.25, 0.3) is 5.91 Å². The number of hydrogen-bond donors (Lipinski definition) is 2. The molecule has 1 atom stereocenters. The van der Waals surface area contributed by atoms with Crippen LogP contribution in [0, 0.1) is 18.7 Å². The first-order valence-electron chi connectivity index (χ1n) is 12.2. The molecule has 2 aliphatic rings. The number of nitrogens with zero attached hydrogens (tertiary/aromatic N) is 6. The number of halogens is 1. The Morgan fingerprint density at radius 2 is 2.08 bits per heavy atom. The maximum absolute atomic E-state index is 14.8. The first-order valence-corrected chi connectivity index (χ1v) is 12.2. The van der Waals surface area contributed by atoms with Crippen LogP contribution < -0.4 is 5.32 Å². The van der Waals surface area contributed by atoms with E-state index in [1.54, 1.807) is 30.6 Å². The highest BCUT2D eigenvalue weighted by Gasteiger charge is 2.27. The molecular formula is C26H26FN7O2. The summed E-state index contributed by atoms with van der Waals surface area (Å²) in [7, 11) is 0. The SMILES string of the molecule is Cc1cc(F)c(C(=O)Nc2cccc(-c3nnc4n3CC[C@@H](CO)C4)n2)cc1-n1cnc(C2CC2)c1. The highest BCUT2D eigenvalue weighted by molar-refractivity contribution is 6.04. The molecule has 0 bridgehead atoms. The Labute approximate surface area is 207 Å². The van der Waals surface area contributed by atoms with Crippen molar-refractivity contribution in [3.8, 4) is 17.2 Å². The number of nitrogens with one attached hydrogen (secondary N) is 1. The van der Waals surface area contributed by atoms with Gasteiger partial charge in [0.05, 0.1) is 23.3 Å². The molecule has 10 heteroatoms. The van der Waals surface area contributed by atoms with E-state index >= 15 is 0 Å². The number of anilines is 1. The number of aliphatic hydroxyl groups is 1. The van der Waals surface area contributed by atoms with Crippen LogP contribution >= 0.6 is 0 Å². The largest absolute Gasteiger partial charge is 0.396 e. The maximum Gasteiger partial charge on any atom is 0.259 e. The molecule has 2 N–H and O–H groups in total. The topological polar surface area (TPSA) is 111 Å². The summed E-state index contributed by atoms with van der Waals surface area (Å²) < 4.78 is 18.7. The zero-order valence-electron chi connectivity index (χ0n) is 19.9. The maximum atomic E-state index is 14.8. The Morgan fingerprint density at radius 3 is 2.89 bits per heavy atom. The van der Waals surface area contributed by atoms with Crippen LogP contribution in [0.2, 0.25) is 0 Å². The van der Waals surface area contributed by atoms with Crippen molar-refractivity contribution >= 4 is 11.7 Å². The van der Waals surface area contributed by atoms with Gasteiger partial charge >= 0.3 is 0 Å². The van der Waals surface area contributed by atoms with Gasteiger partial charge in [-0.2, -0.15) is 0 Å². The van der Waals surface area contributed by atoms with E-state index in [9.17, 15) is 14.3 Å². The van der Waals surface area contributed by atoms with Crippen molar-refractivity contribution in [3.63, 3.8) is 0 Å². The number of aromatic nitrogens is 6. The van der Waals surface area contributed by atoms with Gasteiger partial charge in [0.15, 0.2) is 5.82 Å². The normalized spacial score (nSPS) is 17.1. The van der Waals surface area contributed by atoms with Crippen LogP contribution in [-0.4, -0.2) is 46.9 Å². The van der Waals surface area contributed by atoms with Crippen LogP contribution in [0.3, 0.4) is 0 Å². The third kappa shape index (κ3) is 4.17. The summed E-state index contributed by atoms with van der Waals surface area (Å²) in [6, 6.07) is 8.13. The number of carbonyl (C=O) groups is 1. The average Bonchev–Trinajstić information content (AvgIpc) is 3.45. The number of carbonyl (C=O) groups excluding carboxylic acids is 1. The Kier molecular flexibility index (Phi) is 5.60. The van der Waals surface area contributed by atoms with Crippen molar-refractivity contribution in [2.24, 2.45) is 5.92 Å². The number of fused-ring (bicyclic) bond motifs is 1. The van der Waals surface area contributed by atoms with Crippen molar-refractivity contribution in [2.75, 3.05) is 11.9 Å². The zero-order chi connectivity index (χ0) is 24.8. The summed E-state index contributed by atoms with van der Waals surface area (Å²) >= 11 is 0. The third-order valence-corrected chi connectivity index (χ3v) is 6.94. The molecule has 9 nitrogen and oxygen atoms in total. The molecule has 3 aromatic heterocycles. The van der Waals surface area contributed by atoms with Gasteiger partial charge in [-0.1, -0.05) is 6.07 Å². The minimum atomic E-state index is -0.600. The monoisotopic (exact) mass is 487 g/mol. The molecule has 4 heterocycles. The smallest absolute Gasteiger partial charge is 0.259 e. The van der Waals surface area contributed by atoms with Crippen molar-refractivity contribution in [1.82, 2.24) is 29.3 Å². The predicted octanol–water partition coefficient (Wildman–Crippen LogP) is 3.66. The summed E-state index contributed by atoms with van der Waals surface area (Å²) in [6.07, 6.45) is 7.43. The molecule has 0 unspecified atom stereocenters. The number of amides is 1. The Balaban J connectivity index is 1.25. The molecule has 4 aromatic rings. The standard InChI is InChI=1S/C26H26FN7O2/c1-15-9-19(27)18(11-22(15)33-12-21(28-14-33)17-5-6-17)26(36)30-23-4-2-3-20(29-23)25-32-31-24-10-16(13-35)7-8-34(24)25/h2-4,9,11-12,14,16-17,35H,5-8,10,13H2,1H3,(H,29,30,36)/t16-/m1/s1. The molecule has 36 heavy (non-hydrogen) atoms. The lowest BCUT2D eigenvalue weighted by Gasteiger charge is -2.21. The van der Waals surface area contributed by atoms with Gasteiger partial charge in [0, 0.05) is 31.7 Å². The van der Waals surface area contributed by atoms with Crippen LogP contribution in [0.4, 0.5) is 10.2 Å². The molecule has 0 radical (unpaired) electrons. The first-order chi connectivity index (χ1) is 17.5. The van der Waals surface area contributed by atoms with Gasteiger partial charge in [0.2, 0.25) is 0 Å². The number of pyridine rings is 1. The summed E-state index contributed by atoms with van der Waals surface area (Å²) in [5, 5.41) is 20.7. The predicted molar refractivity (Wildman–Crippen MR) is 130 cm³/mol. The lowest BCUT2D eigenvalue weighted by molar-refractivity contribution is 0.102. The van der Waals surface area contributed by atoms with Gasteiger partial charge in [-0.15, -0.1) is 10.2 Å². The average molecular weight is 488 g/mol. The number of benzene rings is 1. The number of aryl methyl sites for hydroxylation is 1. The van der Waals surface area contributed by atoms with E-state index in [4.69, 9.17) is 0 Å². The fraction of sp³-hybridized carbons (Fsp3) is 0.346. The van der Waals surface area contributed by atoms with E-state index in [-0.39, 0.29) is 18.1 Å². The summed E-state index contributed by atoms with van der Waals surface area (Å²) in [6.45, 7) is 2.63. The second-order valence-corrected chi connectivity index (χ2v) is 9.59. The van der Waals surface area contributed by atoms with Crippen LogP contribution in [-0.2, 0) is 13.0 Å².